The summed E-state index contributed by atoms with van der Waals surface area (Å²) >= 11 is 12.3. The van der Waals surface area contributed by atoms with Crippen LogP contribution in [0.3, 0.4) is 0 Å². The van der Waals surface area contributed by atoms with Crippen LogP contribution in [0.1, 0.15) is 17.0 Å². The molecule has 32 heavy (non-hydrogen) atoms. The van der Waals surface area contributed by atoms with Crippen LogP contribution in [0.2, 0.25) is 10.0 Å². The van der Waals surface area contributed by atoms with E-state index in [1.165, 1.54) is 30.5 Å². The third kappa shape index (κ3) is 5.13. The summed E-state index contributed by atoms with van der Waals surface area (Å²) in [4.78, 5) is 34.1. The van der Waals surface area contributed by atoms with E-state index in [0.29, 0.717) is 15.6 Å². The Labute approximate surface area is 192 Å². The number of carbonyl (C=O) groups excluding carboxylic acids is 2. The van der Waals surface area contributed by atoms with Gasteiger partial charge in [0.25, 0.3) is 5.69 Å². The maximum absolute atomic E-state index is 12.0. The maximum atomic E-state index is 12.0. The second kappa shape index (κ2) is 9.63. The molecule has 11 heteroatoms. The van der Waals surface area contributed by atoms with Crippen molar-refractivity contribution in [2.45, 2.75) is 13.8 Å². The molecule has 1 aromatic heterocycles. The molecule has 0 saturated heterocycles. The van der Waals surface area contributed by atoms with Gasteiger partial charge in [-0.25, -0.2) is 5.43 Å². The van der Waals surface area contributed by atoms with Gasteiger partial charge in [0.15, 0.2) is 0 Å². The van der Waals surface area contributed by atoms with Crippen molar-refractivity contribution >= 4 is 52.6 Å². The summed E-state index contributed by atoms with van der Waals surface area (Å²) in [7, 11) is 0. The number of carbonyl (C=O) groups is 2. The Morgan fingerprint density at radius 2 is 1.75 bits per heavy atom. The van der Waals surface area contributed by atoms with Crippen LogP contribution in [0.25, 0.3) is 5.69 Å². The number of nitrogens with one attached hydrogen (secondary N) is 2. The van der Waals surface area contributed by atoms with E-state index in [4.69, 9.17) is 23.2 Å². The molecule has 0 saturated carbocycles. The summed E-state index contributed by atoms with van der Waals surface area (Å²) in [5.41, 5.74) is 5.43. The summed E-state index contributed by atoms with van der Waals surface area (Å²) < 4.78 is 1.92. The van der Waals surface area contributed by atoms with Crippen molar-refractivity contribution in [3.63, 3.8) is 0 Å². The second-order valence-electron chi connectivity index (χ2n) is 6.71. The van der Waals surface area contributed by atoms with E-state index in [-0.39, 0.29) is 11.4 Å². The Kier molecular flexibility index (Phi) is 6.92. The van der Waals surface area contributed by atoms with Crippen molar-refractivity contribution < 1.29 is 14.5 Å². The highest BCUT2D eigenvalue weighted by Gasteiger charge is 2.15. The Morgan fingerprint density at radius 3 is 2.38 bits per heavy atom. The highest BCUT2D eigenvalue weighted by Crippen LogP contribution is 2.28. The van der Waals surface area contributed by atoms with E-state index < -0.39 is 16.7 Å². The number of anilines is 1. The standard InChI is InChI=1S/C21H17Cl2N5O4/c1-12-9-14(13(2)27(12)19-8-3-15(22)10-18(19)23)11-24-26-21(30)20(29)25-16-4-6-17(7-5-16)28(31)32/h3-11H,1-2H3,(H,25,29)(H,26,30)/b24-11-. The Bertz CT molecular complexity index is 1240. The van der Waals surface area contributed by atoms with Crippen molar-refractivity contribution in [3.05, 3.63) is 85.6 Å². The van der Waals surface area contributed by atoms with Crippen LogP contribution in [0.15, 0.2) is 53.6 Å². The fraction of sp³-hybridized carbons (Fsp3) is 0.0952. The van der Waals surface area contributed by atoms with Gasteiger partial charge >= 0.3 is 11.8 Å². The van der Waals surface area contributed by atoms with Gasteiger partial charge < -0.3 is 9.88 Å². The largest absolute Gasteiger partial charge is 0.329 e. The first-order valence-electron chi connectivity index (χ1n) is 9.20. The van der Waals surface area contributed by atoms with E-state index in [0.717, 1.165) is 17.1 Å². The molecule has 2 aromatic carbocycles. The molecule has 0 fully saturated rings. The normalized spacial score (nSPS) is 10.9. The molecule has 0 aliphatic heterocycles. The number of nitro benzene ring substituents is 1. The lowest BCUT2D eigenvalue weighted by atomic mass is 10.2. The first-order valence-corrected chi connectivity index (χ1v) is 9.96. The summed E-state index contributed by atoms with van der Waals surface area (Å²) in [6.45, 7) is 3.76. The molecule has 0 atom stereocenters. The van der Waals surface area contributed by atoms with Crippen LogP contribution < -0.4 is 10.7 Å². The predicted molar refractivity (Wildman–Crippen MR) is 123 cm³/mol. The van der Waals surface area contributed by atoms with Gasteiger partial charge in [0.05, 0.1) is 21.8 Å². The summed E-state index contributed by atoms with van der Waals surface area (Å²) in [5, 5.41) is 17.9. The van der Waals surface area contributed by atoms with Crippen molar-refractivity contribution in [2.24, 2.45) is 5.10 Å². The van der Waals surface area contributed by atoms with E-state index in [2.05, 4.69) is 15.8 Å². The van der Waals surface area contributed by atoms with Crippen molar-refractivity contribution in [1.82, 2.24) is 9.99 Å². The van der Waals surface area contributed by atoms with E-state index in [1.807, 2.05) is 24.5 Å². The fourth-order valence-corrected chi connectivity index (χ4v) is 3.51. The van der Waals surface area contributed by atoms with Crippen molar-refractivity contribution in [2.75, 3.05) is 5.32 Å². The Morgan fingerprint density at radius 1 is 1.06 bits per heavy atom. The summed E-state index contributed by atoms with van der Waals surface area (Å²) in [6.07, 6.45) is 1.42. The SMILES string of the molecule is Cc1cc(/C=N\NC(=O)C(=O)Nc2ccc([N+](=O)[O-])cc2)c(C)n1-c1ccc(Cl)cc1Cl. The van der Waals surface area contributed by atoms with Gasteiger partial charge in [-0.05, 0) is 50.2 Å². The van der Waals surface area contributed by atoms with Gasteiger partial charge in [-0.1, -0.05) is 23.2 Å². The van der Waals surface area contributed by atoms with Crippen LogP contribution in [0.5, 0.6) is 0 Å². The summed E-state index contributed by atoms with van der Waals surface area (Å²) in [5.74, 6) is -1.96. The lowest BCUT2D eigenvalue weighted by molar-refractivity contribution is -0.384. The Hall–Kier alpha value is -3.69. The number of aromatic nitrogens is 1. The number of hydrazone groups is 1. The highest BCUT2D eigenvalue weighted by molar-refractivity contribution is 6.39. The van der Waals surface area contributed by atoms with Crippen molar-refractivity contribution in [3.8, 4) is 5.69 Å². The molecule has 0 aliphatic rings. The lowest BCUT2D eigenvalue weighted by Gasteiger charge is -2.11. The van der Waals surface area contributed by atoms with Crippen LogP contribution in [-0.2, 0) is 9.59 Å². The number of halogens is 2. The Balaban J connectivity index is 1.67. The quantitative estimate of drug-likeness (QED) is 0.247. The minimum absolute atomic E-state index is 0.130. The van der Waals surface area contributed by atoms with E-state index in [1.54, 1.807) is 18.2 Å². The van der Waals surface area contributed by atoms with E-state index >= 15 is 0 Å². The summed E-state index contributed by atoms with van der Waals surface area (Å²) in [6, 6.07) is 12.1. The third-order valence-electron chi connectivity index (χ3n) is 4.53. The molecule has 3 rings (SSSR count). The maximum Gasteiger partial charge on any atom is 0.329 e. The highest BCUT2D eigenvalue weighted by atomic mass is 35.5. The smallest absolute Gasteiger partial charge is 0.318 e. The molecule has 2 N–H and O–H groups in total. The molecule has 0 spiro atoms. The van der Waals surface area contributed by atoms with Crippen LogP contribution in [0, 0.1) is 24.0 Å². The first-order chi connectivity index (χ1) is 15.2. The number of hydrogen-bond donors (Lipinski definition) is 2. The molecular formula is C21H17Cl2N5O4. The predicted octanol–water partition coefficient (Wildman–Crippen LogP) is 4.40. The van der Waals surface area contributed by atoms with Gasteiger partial charge in [0, 0.05) is 39.8 Å². The average molecular weight is 474 g/mol. The molecule has 0 bridgehead atoms. The van der Waals surface area contributed by atoms with Crippen LogP contribution in [-0.4, -0.2) is 27.5 Å². The van der Waals surface area contributed by atoms with Gasteiger partial charge in [-0.15, -0.1) is 0 Å². The molecule has 2 amide bonds. The van der Waals surface area contributed by atoms with Crippen LogP contribution in [0.4, 0.5) is 11.4 Å². The van der Waals surface area contributed by atoms with Gasteiger partial charge in [-0.3, -0.25) is 19.7 Å². The van der Waals surface area contributed by atoms with Crippen LogP contribution >= 0.6 is 23.2 Å². The zero-order valence-corrected chi connectivity index (χ0v) is 18.4. The minimum atomic E-state index is -0.992. The molecule has 3 aromatic rings. The number of nitro groups is 1. The number of rotatable bonds is 5. The molecule has 1 heterocycles. The molecule has 164 valence electrons. The third-order valence-corrected chi connectivity index (χ3v) is 5.07. The average Bonchev–Trinajstić information content (AvgIpc) is 3.01. The van der Waals surface area contributed by atoms with Crippen molar-refractivity contribution in [1.29, 1.82) is 0 Å². The number of nitrogens with zero attached hydrogens (tertiary/aromatic N) is 3. The van der Waals surface area contributed by atoms with E-state index in [9.17, 15) is 19.7 Å². The minimum Gasteiger partial charge on any atom is -0.318 e. The zero-order chi connectivity index (χ0) is 23.4. The monoisotopic (exact) mass is 473 g/mol. The first kappa shape index (κ1) is 23.0. The number of non-ortho nitro benzene ring substituents is 1. The van der Waals surface area contributed by atoms with Gasteiger partial charge in [-0.2, -0.15) is 5.10 Å². The van der Waals surface area contributed by atoms with Gasteiger partial charge in [0.2, 0.25) is 0 Å². The molecule has 0 aliphatic carbocycles. The zero-order valence-electron chi connectivity index (χ0n) is 16.9. The number of aryl methyl sites for hydroxylation is 1. The molecule has 0 radical (unpaired) electrons. The molecular weight excluding hydrogens is 457 g/mol. The second-order valence-corrected chi connectivity index (χ2v) is 7.56. The molecule has 9 nitrogen and oxygen atoms in total. The lowest BCUT2D eigenvalue weighted by Crippen LogP contribution is -2.32. The fourth-order valence-electron chi connectivity index (χ4n) is 3.02. The molecule has 0 unspecified atom stereocenters. The number of hydrogen-bond acceptors (Lipinski definition) is 5. The number of amides is 2. The number of benzene rings is 2. The topological polar surface area (TPSA) is 119 Å². The van der Waals surface area contributed by atoms with Gasteiger partial charge in [0.1, 0.15) is 0 Å².